The number of nitrogens with zero attached hydrogens (tertiary/aromatic N) is 2. The van der Waals surface area contributed by atoms with Crippen molar-refractivity contribution < 1.29 is 9.47 Å². The third-order valence-electron chi connectivity index (χ3n) is 6.24. The molecule has 0 aliphatic heterocycles. The second-order valence-electron chi connectivity index (χ2n) is 8.23. The number of aromatic nitrogens is 2. The highest BCUT2D eigenvalue weighted by Crippen LogP contribution is 2.45. The Hall–Kier alpha value is -3.66. The Balaban J connectivity index is 1.40. The molecule has 1 saturated carbocycles. The zero-order valence-corrected chi connectivity index (χ0v) is 18.0. The molecule has 2 aromatic heterocycles. The van der Waals surface area contributed by atoms with Crippen LogP contribution in [0.3, 0.4) is 0 Å². The van der Waals surface area contributed by atoms with Gasteiger partial charge in [-0.2, -0.15) is 0 Å². The van der Waals surface area contributed by atoms with Gasteiger partial charge in [0.15, 0.2) is 0 Å². The molecule has 0 unspecified atom stereocenters. The van der Waals surface area contributed by atoms with E-state index < -0.39 is 0 Å². The first-order chi connectivity index (χ1) is 15.8. The molecular weight excluding hydrogens is 396 g/mol. The summed E-state index contributed by atoms with van der Waals surface area (Å²) in [7, 11) is 0. The van der Waals surface area contributed by atoms with Gasteiger partial charge in [-0.15, -0.1) is 0 Å². The maximum absolute atomic E-state index is 5.90. The van der Waals surface area contributed by atoms with Crippen LogP contribution in [0, 0.1) is 0 Å². The minimum Gasteiger partial charge on any atom is -0.439 e. The first-order valence-electron chi connectivity index (χ1n) is 11.2. The van der Waals surface area contributed by atoms with Crippen molar-refractivity contribution in [1.29, 1.82) is 0 Å². The molecular formula is C28H26N2O2. The highest BCUT2D eigenvalue weighted by atomic mass is 16.5. The van der Waals surface area contributed by atoms with Gasteiger partial charge in [-0.1, -0.05) is 55.7 Å². The molecule has 4 heteroatoms. The molecule has 1 aliphatic rings. The van der Waals surface area contributed by atoms with E-state index in [1.165, 1.54) is 30.4 Å². The molecule has 0 bridgehead atoms. The Morgan fingerprint density at radius 3 is 1.41 bits per heavy atom. The number of hydrogen-bond donors (Lipinski definition) is 0. The first-order valence-corrected chi connectivity index (χ1v) is 11.2. The van der Waals surface area contributed by atoms with Crippen LogP contribution in [0.5, 0.6) is 23.3 Å². The molecule has 0 saturated heterocycles. The van der Waals surface area contributed by atoms with Gasteiger partial charge in [0.1, 0.15) is 11.5 Å². The maximum Gasteiger partial charge on any atom is 0.219 e. The Labute approximate surface area is 188 Å². The SMILES string of the molecule is c1ccc(Oc2ccc(C3(c4ccc(Oc5ccccn5)cc4)CCCCC3)cc2)nc1. The van der Waals surface area contributed by atoms with Crippen molar-refractivity contribution in [1.82, 2.24) is 9.97 Å². The minimum absolute atomic E-state index is 0.0192. The topological polar surface area (TPSA) is 44.2 Å². The Kier molecular flexibility index (Phi) is 5.84. The molecule has 1 aliphatic carbocycles. The van der Waals surface area contributed by atoms with Crippen molar-refractivity contribution in [3.63, 3.8) is 0 Å². The molecule has 2 aromatic carbocycles. The number of hydrogen-bond acceptors (Lipinski definition) is 4. The summed E-state index contributed by atoms with van der Waals surface area (Å²) in [6, 6.07) is 28.4. The van der Waals surface area contributed by atoms with Crippen LogP contribution in [0.1, 0.15) is 43.2 Å². The molecule has 0 atom stereocenters. The van der Waals surface area contributed by atoms with Crippen molar-refractivity contribution in [2.45, 2.75) is 37.5 Å². The van der Waals surface area contributed by atoms with Crippen molar-refractivity contribution in [3.8, 4) is 23.3 Å². The van der Waals surface area contributed by atoms with E-state index in [2.05, 4.69) is 58.5 Å². The average Bonchev–Trinajstić information content (AvgIpc) is 2.87. The number of benzene rings is 2. The van der Waals surface area contributed by atoms with E-state index >= 15 is 0 Å². The number of rotatable bonds is 6. The molecule has 2 heterocycles. The lowest BCUT2D eigenvalue weighted by Gasteiger charge is -2.38. The van der Waals surface area contributed by atoms with Crippen LogP contribution >= 0.6 is 0 Å². The second kappa shape index (κ2) is 9.23. The highest BCUT2D eigenvalue weighted by Gasteiger charge is 2.35. The van der Waals surface area contributed by atoms with Crippen molar-refractivity contribution >= 4 is 0 Å². The average molecular weight is 423 g/mol. The summed E-state index contributed by atoms with van der Waals surface area (Å²) in [4.78, 5) is 8.49. The van der Waals surface area contributed by atoms with Gasteiger partial charge < -0.3 is 9.47 Å². The second-order valence-corrected chi connectivity index (χ2v) is 8.23. The molecule has 160 valence electrons. The maximum atomic E-state index is 5.90. The lowest BCUT2D eigenvalue weighted by molar-refractivity contribution is 0.345. The third kappa shape index (κ3) is 4.35. The van der Waals surface area contributed by atoms with E-state index in [9.17, 15) is 0 Å². The summed E-state index contributed by atoms with van der Waals surface area (Å²) < 4.78 is 11.8. The normalized spacial score (nSPS) is 15.1. The predicted molar refractivity (Wildman–Crippen MR) is 125 cm³/mol. The largest absolute Gasteiger partial charge is 0.439 e. The Morgan fingerprint density at radius 2 is 1.00 bits per heavy atom. The number of ether oxygens (including phenoxy) is 2. The summed E-state index contributed by atoms with van der Waals surface area (Å²) in [5.74, 6) is 2.82. The zero-order chi connectivity index (χ0) is 21.6. The van der Waals surface area contributed by atoms with Crippen LogP contribution in [0.25, 0.3) is 0 Å². The van der Waals surface area contributed by atoms with Crippen LogP contribution in [0.2, 0.25) is 0 Å². The Morgan fingerprint density at radius 1 is 0.531 bits per heavy atom. The van der Waals surface area contributed by atoms with E-state index in [0.29, 0.717) is 11.8 Å². The van der Waals surface area contributed by atoms with Gasteiger partial charge in [-0.25, -0.2) is 9.97 Å². The molecule has 32 heavy (non-hydrogen) atoms. The van der Waals surface area contributed by atoms with Gasteiger partial charge in [0.05, 0.1) is 0 Å². The molecule has 0 amide bonds. The van der Waals surface area contributed by atoms with E-state index in [-0.39, 0.29) is 5.41 Å². The van der Waals surface area contributed by atoms with Gasteiger partial charge in [0, 0.05) is 29.9 Å². The van der Waals surface area contributed by atoms with E-state index in [4.69, 9.17) is 9.47 Å². The zero-order valence-electron chi connectivity index (χ0n) is 18.0. The van der Waals surface area contributed by atoms with Crippen LogP contribution in [-0.4, -0.2) is 9.97 Å². The van der Waals surface area contributed by atoms with Gasteiger partial charge in [-0.3, -0.25) is 0 Å². The molecule has 5 rings (SSSR count). The lowest BCUT2D eigenvalue weighted by Crippen LogP contribution is -2.30. The lowest BCUT2D eigenvalue weighted by atomic mass is 9.65. The summed E-state index contributed by atoms with van der Waals surface area (Å²) in [6.45, 7) is 0. The van der Waals surface area contributed by atoms with Crippen LogP contribution in [0.4, 0.5) is 0 Å². The third-order valence-corrected chi connectivity index (χ3v) is 6.24. The van der Waals surface area contributed by atoms with E-state index in [1.807, 2.05) is 36.4 Å². The smallest absolute Gasteiger partial charge is 0.219 e. The van der Waals surface area contributed by atoms with Crippen LogP contribution in [-0.2, 0) is 5.41 Å². The number of pyridine rings is 2. The van der Waals surface area contributed by atoms with E-state index in [0.717, 1.165) is 24.3 Å². The fourth-order valence-corrected chi connectivity index (χ4v) is 4.64. The molecule has 4 nitrogen and oxygen atoms in total. The fraction of sp³-hybridized carbons (Fsp3) is 0.214. The summed E-state index contributed by atoms with van der Waals surface area (Å²) >= 11 is 0. The quantitative estimate of drug-likeness (QED) is 0.327. The Bertz CT molecular complexity index is 1030. The van der Waals surface area contributed by atoms with Gasteiger partial charge in [0.25, 0.3) is 0 Å². The van der Waals surface area contributed by atoms with Gasteiger partial charge in [-0.05, 0) is 60.4 Å². The van der Waals surface area contributed by atoms with Crippen molar-refractivity contribution in [2.75, 3.05) is 0 Å². The van der Waals surface area contributed by atoms with Crippen LogP contribution in [0.15, 0.2) is 97.3 Å². The molecule has 0 N–H and O–H groups in total. The molecule has 0 spiro atoms. The molecule has 0 radical (unpaired) electrons. The molecule has 1 fully saturated rings. The van der Waals surface area contributed by atoms with Crippen molar-refractivity contribution in [2.24, 2.45) is 0 Å². The summed E-state index contributed by atoms with van der Waals surface area (Å²) in [6.07, 6.45) is 9.53. The minimum atomic E-state index is 0.0192. The highest BCUT2D eigenvalue weighted by molar-refractivity contribution is 5.44. The first kappa shape index (κ1) is 20.3. The monoisotopic (exact) mass is 422 g/mol. The summed E-state index contributed by atoms with van der Waals surface area (Å²) in [5.41, 5.74) is 2.69. The molecule has 4 aromatic rings. The van der Waals surface area contributed by atoms with Gasteiger partial charge in [0.2, 0.25) is 11.8 Å². The summed E-state index contributed by atoms with van der Waals surface area (Å²) in [5, 5.41) is 0. The van der Waals surface area contributed by atoms with E-state index in [1.54, 1.807) is 12.4 Å². The van der Waals surface area contributed by atoms with Crippen molar-refractivity contribution in [3.05, 3.63) is 108 Å². The standard InChI is InChI=1S/C28H26N2O2/c1-4-18-28(19-5-1,22-10-14-24(15-11-22)31-26-8-2-6-20-29-26)23-12-16-25(17-13-23)32-27-9-3-7-21-30-27/h2-3,6-17,20-21H,1,4-5,18-19H2. The predicted octanol–water partition coefficient (Wildman–Crippen LogP) is 7.31. The fourth-order valence-electron chi connectivity index (χ4n) is 4.64. The van der Waals surface area contributed by atoms with Crippen LogP contribution < -0.4 is 9.47 Å². The van der Waals surface area contributed by atoms with Gasteiger partial charge >= 0.3 is 0 Å².